The third-order valence-electron chi connectivity index (χ3n) is 6.24. The van der Waals surface area contributed by atoms with E-state index in [4.69, 9.17) is 0 Å². The highest BCUT2D eigenvalue weighted by Crippen LogP contribution is 2.37. The highest BCUT2D eigenvalue weighted by atomic mass is 14.1. The zero-order valence-electron chi connectivity index (χ0n) is 17.7. The second-order valence-corrected chi connectivity index (χ2v) is 8.22. The first kappa shape index (κ1) is 18.6. The molecule has 0 aliphatic rings. The molecule has 0 N–H and O–H groups in total. The number of benzene rings is 6. The van der Waals surface area contributed by atoms with E-state index in [9.17, 15) is 0 Å². The monoisotopic (exact) mass is 406 g/mol. The highest BCUT2D eigenvalue weighted by Gasteiger charge is 2.11. The minimum absolute atomic E-state index is 1.23. The Hall–Kier alpha value is -4.16. The van der Waals surface area contributed by atoms with Crippen molar-refractivity contribution in [1.82, 2.24) is 0 Å². The quantitative estimate of drug-likeness (QED) is 0.275. The van der Waals surface area contributed by atoms with Crippen molar-refractivity contribution in [2.75, 3.05) is 0 Å². The van der Waals surface area contributed by atoms with Gasteiger partial charge in [0.1, 0.15) is 0 Å². The third kappa shape index (κ3) is 3.27. The van der Waals surface area contributed by atoms with Gasteiger partial charge in [0.2, 0.25) is 0 Å². The Balaban J connectivity index is 1.65. The highest BCUT2D eigenvalue weighted by molar-refractivity contribution is 6.01. The molecule has 0 unspecified atom stereocenters. The molecule has 0 heterocycles. The normalized spacial score (nSPS) is 11.1. The molecule has 0 nitrogen and oxygen atoms in total. The minimum atomic E-state index is 1.23. The molecule has 0 aromatic heterocycles. The standard InChI is InChI=1S/C32H22/c1-2-10-23(11-3-1)26-20-27(31-18-8-14-24-12-4-6-16-29(24)31)22-28(21-26)32-19-9-15-25-13-5-7-17-30(25)32/h1-22H. The summed E-state index contributed by atoms with van der Waals surface area (Å²) in [6.45, 7) is 0. The summed E-state index contributed by atoms with van der Waals surface area (Å²) in [5, 5.41) is 5.09. The molecular formula is C32H22. The topological polar surface area (TPSA) is 0 Å². The molecule has 150 valence electrons. The van der Waals surface area contributed by atoms with Crippen LogP contribution >= 0.6 is 0 Å². The first-order chi connectivity index (χ1) is 15.9. The lowest BCUT2D eigenvalue weighted by molar-refractivity contribution is 1.59. The molecular weight excluding hydrogens is 384 g/mol. The predicted octanol–water partition coefficient (Wildman–Crippen LogP) is 8.99. The molecule has 0 bridgehead atoms. The molecule has 0 spiro atoms. The molecule has 0 aliphatic heterocycles. The van der Waals surface area contributed by atoms with Crippen LogP contribution < -0.4 is 0 Å². The average Bonchev–Trinajstić information content (AvgIpc) is 2.88. The molecule has 0 heteroatoms. The number of hydrogen-bond donors (Lipinski definition) is 0. The summed E-state index contributed by atoms with van der Waals surface area (Å²) in [6, 6.07) is 48.1. The lowest BCUT2D eigenvalue weighted by Crippen LogP contribution is -1.88. The fourth-order valence-electron chi connectivity index (χ4n) is 4.69. The van der Waals surface area contributed by atoms with Gasteiger partial charge in [-0.25, -0.2) is 0 Å². The summed E-state index contributed by atoms with van der Waals surface area (Å²) in [6.07, 6.45) is 0. The summed E-state index contributed by atoms with van der Waals surface area (Å²) in [5.41, 5.74) is 7.48. The second-order valence-electron chi connectivity index (χ2n) is 8.22. The maximum Gasteiger partial charge on any atom is -0.0105 e. The molecule has 32 heavy (non-hydrogen) atoms. The first-order valence-corrected chi connectivity index (χ1v) is 11.0. The summed E-state index contributed by atoms with van der Waals surface area (Å²) >= 11 is 0. The number of rotatable bonds is 3. The van der Waals surface area contributed by atoms with E-state index < -0.39 is 0 Å². The van der Waals surface area contributed by atoms with Crippen LogP contribution in [0, 0.1) is 0 Å². The van der Waals surface area contributed by atoms with Gasteiger partial charge in [-0.3, -0.25) is 0 Å². The maximum absolute atomic E-state index is 2.34. The second kappa shape index (κ2) is 7.83. The van der Waals surface area contributed by atoms with Gasteiger partial charge < -0.3 is 0 Å². The van der Waals surface area contributed by atoms with Crippen molar-refractivity contribution in [1.29, 1.82) is 0 Å². The van der Waals surface area contributed by atoms with Crippen molar-refractivity contribution in [3.63, 3.8) is 0 Å². The van der Waals surface area contributed by atoms with Gasteiger partial charge in [0, 0.05) is 0 Å². The van der Waals surface area contributed by atoms with Crippen LogP contribution in [0.4, 0.5) is 0 Å². The molecule has 0 fully saturated rings. The Bertz CT molecular complexity index is 1450. The maximum atomic E-state index is 2.34. The van der Waals surface area contributed by atoms with E-state index >= 15 is 0 Å². The Morgan fingerprint density at radius 3 is 1.28 bits per heavy atom. The van der Waals surface area contributed by atoms with Gasteiger partial charge >= 0.3 is 0 Å². The number of fused-ring (bicyclic) bond motifs is 2. The van der Waals surface area contributed by atoms with Crippen LogP contribution in [0.5, 0.6) is 0 Å². The van der Waals surface area contributed by atoms with Crippen LogP contribution in [0.3, 0.4) is 0 Å². The molecule has 6 aromatic carbocycles. The van der Waals surface area contributed by atoms with Gasteiger partial charge in [0.15, 0.2) is 0 Å². The van der Waals surface area contributed by atoms with Crippen molar-refractivity contribution in [2.24, 2.45) is 0 Å². The molecule has 0 saturated carbocycles. The lowest BCUT2D eigenvalue weighted by Gasteiger charge is -2.14. The fourth-order valence-corrected chi connectivity index (χ4v) is 4.69. The van der Waals surface area contributed by atoms with Crippen molar-refractivity contribution in [2.45, 2.75) is 0 Å². The average molecular weight is 407 g/mol. The predicted molar refractivity (Wildman–Crippen MR) is 138 cm³/mol. The van der Waals surface area contributed by atoms with Crippen molar-refractivity contribution >= 4 is 21.5 Å². The van der Waals surface area contributed by atoms with E-state index in [1.165, 1.54) is 54.9 Å². The van der Waals surface area contributed by atoms with E-state index in [0.29, 0.717) is 0 Å². The summed E-state index contributed by atoms with van der Waals surface area (Å²) in [4.78, 5) is 0. The van der Waals surface area contributed by atoms with E-state index in [1.807, 2.05) is 0 Å². The minimum Gasteiger partial charge on any atom is -0.0622 e. The lowest BCUT2D eigenvalue weighted by atomic mass is 9.90. The first-order valence-electron chi connectivity index (χ1n) is 11.0. The summed E-state index contributed by atoms with van der Waals surface area (Å²) in [5.74, 6) is 0. The van der Waals surface area contributed by atoms with Crippen LogP contribution in [-0.4, -0.2) is 0 Å². The largest absolute Gasteiger partial charge is 0.0622 e. The van der Waals surface area contributed by atoms with E-state index in [1.54, 1.807) is 0 Å². The number of hydrogen-bond acceptors (Lipinski definition) is 0. The SMILES string of the molecule is c1ccc(-c2cc(-c3cccc4ccccc34)cc(-c3cccc4ccccc34)c2)cc1. The van der Waals surface area contributed by atoms with Crippen LogP contribution in [0.2, 0.25) is 0 Å². The molecule has 0 atom stereocenters. The van der Waals surface area contributed by atoms with Gasteiger partial charge in [-0.2, -0.15) is 0 Å². The van der Waals surface area contributed by atoms with Crippen LogP contribution in [0.25, 0.3) is 54.9 Å². The van der Waals surface area contributed by atoms with Crippen molar-refractivity contribution in [3.05, 3.63) is 133 Å². The zero-order valence-corrected chi connectivity index (χ0v) is 17.7. The molecule has 0 aliphatic carbocycles. The fraction of sp³-hybridized carbons (Fsp3) is 0. The summed E-state index contributed by atoms with van der Waals surface area (Å²) in [7, 11) is 0. The molecule has 0 radical (unpaired) electrons. The van der Waals surface area contributed by atoms with Gasteiger partial charge in [-0.1, -0.05) is 115 Å². The van der Waals surface area contributed by atoms with Crippen molar-refractivity contribution < 1.29 is 0 Å². The molecule has 0 amide bonds. The van der Waals surface area contributed by atoms with Crippen molar-refractivity contribution in [3.8, 4) is 33.4 Å². The van der Waals surface area contributed by atoms with Gasteiger partial charge in [-0.05, 0) is 73.1 Å². The van der Waals surface area contributed by atoms with E-state index in [-0.39, 0.29) is 0 Å². The van der Waals surface area contributed by atoms with Crippen LogP contribution in [-0.2, 0) is 0 Å². The Labute approximate surface area is 188 Å². The van der Waals surface area contributed by atoms with Gasteiger partial charge in [-0.15, -0.1) is 0 Å². The van der Waals surface area contributed by atoms with E-state index in [2.05, 4.69) is 133 Å². The Kier molecular flexibility index (Phi) is 4.55. The van der Waals surface area contributed by atoms with Crippen LogP contribution in [0.15, 0.2) is 133 Å². The molecule has 6 rings (SSSR count). The smallest absolute Gasteiger partial charge is 0.0105 e. The summed E-state index contributed by atoms with van der Waals surface area (Å²) < 4.78 is 0. The van der Waals surface area contributed by atoms with Gasteiger partial charge in [0.05, 0.1) is 0 Å². The Morgan fingerprint density at radius 1 is 0.281 bits per heavy atom. The zero-order chi connectivity index (χ0) is 21.3. The van der Waals surface area contributed by atoms with Gasteiger partial charge in [0.25, 0.3) is 0 Å². The van der Waals surface area contributed by atoms with E-state index in [0.717, 1.165) is 0 Å². The molecule has 0 saturated heterocycles. The third-order valence-corrected chi connectivity index (χ3v) is 6.24. The Morgan fingerprint density at radius 2 is 0.719 bits per heavy atom. The molecule has 6 aromatic rings. The van der Waals surface area contributed by atoms with Crippen LogP contribution in [0.1, 0.15) is 0 Å².